The zero-order valence-electron chi connectivity index (χ0n) is 16.2. The number of alkyl halides is 3. The summed E-state index contributed by atoms with van der Waals surface area (Å²) in [6.07, 6.45) is -1.27. The molecular weight excluding hydrogens is 419 g/mol. The topological polar surface area (TPSA) is 73.0 Å². The van der Waals surface area contributed by atoms with Crippen LogP contribution in [0.5, 0.6) is 0 Å². The van der Waals surface area contributed by atoms with Crippen LogP contribution in [0.2, 0.25) is 0 Å². The van der Waals surface area contributed by atoms with Gasteiger partial charge in [0.25, 0.3) is 5.56 Å². The van der Waals surface area contributed by atoms with Crippen molar-refractivity contribution in [3.05, 3.63) is 46.6 Å². The minimum absolute atomic E-state index is 0.134. The highest BCUT2D eigenvalue weighted by atomic mass is 32.2. The summed E-state index contributed by atoms with van der Waals surface area (Å²) in [6.45, 7) is 1.90. The summed E-state index contributed by atoms with van der Waals surface area (Å²) in [5, 5.41) is 4.39. The van der Waals surface area contributed by atoms with E-state index in [-0.39, 0.29) is 29.4 Å². The maximum Gasteiger partial charge on any atom is 0.416 e. The molecule has 0 radical (unpaired) electrons. The van der Waals surface area contributed by atoms with E-state index >= 15 is 0 Å². The van der Waals surface area contributed by atoms with Gasteiger partial charge in [-0.25, -0.2) is 4.98 Å². The molecule has 158 valence electrons. The van der Waals surface area contributed by atoms with E-state index in [0.29, 0.717) is 17.0 Å². The number of aromatic nitrogens is 4. The Kier molecular flexibility index (Phi) is 5.08. The van der Waals surface area contributed by atoms with E-state index in [9.17, 15) is 22.8 Å². The molecule has 1 atom stereocenters. The first-order chi connectivity index (χ1) is 14.1. The average molecular weight is 437 g/mol. The molecule has 7 nitrogen and oxygen atoms in total. The molecule has 0 saturated heterocycles. The van der Waals surface area contributed by atoms with Crippen LogP contribution in [0.1, 0.15) is 18.9 Å². The van der Waals surface area contributed by atoms with Gasteiger partial charge in [0.15, 0.2) is 5.65 Å². The molecule has 1 unspecified atom stereocenters. The monoisotopic (exact) mass is 437 g/mol. The second-order valence-corrected chi connectivity index (χ2v) is 8.61. The number of benzene rings is 1. The van der Waals surface area contributed by atoms with Crippen LogP contribution >= 0.6 is 11.8 Å². The lowest BCUT2D eigenvalue weighted by molar-refractivity contribution is -0.137. The normalized spacial score (nSPS) is 17.1. The van der Waals surface area contributed by atoms with E-state index < -0.39 is 23.2 Å². The minimum Gasteiger partial charge on any atom is -0.310 e. The minimum atomic E-state index is -4.52. The maximum absolute atomic E-state index is 13.2. The predicted molar refractivity (Wildman–Crippen MR) is 107 cm³/mol. The van der Waals surface area contributed by atoms with Crippen LogP contribution < -0.4 is 10.5 Å². The number of carbonyl (C=O) groups excluding carboxylic acids is 1. The molecule has 1 aliphatic heterocycles. The third-order valence-corrected chi connectivity index (χ3v) is 6.23. The number of rotatable bonds is 2. The molecule has 1 aliphatic rings. The number of hydrogen-bond acceptors (Lipinski definition) is 5. The standard InChI is InChI=1S/C19H18F3N5O2S/c1-11-5-6-27(14-7-12(19(20,21)22)3-4-15(14)30-11)16(28)9-26-10-23-17-13(18(26)29)8-24-25(17)2/h3-4,7-8,10-11H,5-6,9H2,1-2H3. The number of anilines is 1. The second-order valence-electron chi connectivity index (χ2n) is 7.13. The highest BCUT2D eigenvalue weighted by molar-refractivity contribution is 8.00. The summed E-state index contributed by atoms with van der Waals surface area (Å²) in [5.41, 5.74) is -0.635. The molecule has 0 bridgehead atoms. The van der Waals surface area contributed by atoms with Crippen molar-refractivity contribution < 1.29 is 18.0 Å². The molecule has 30 heavy (non-hydrogen) atoms. The zero-order valence-corrected chi connectivity index (χ0v) is 17.0. The largest absolute Gasteiger partial charge is 0.416 e. The third-order valence-electron chi connectivity index (χ3n) is 4.99. The zero-order chi connectivity index (χ0) is 21.6. The Morgan fingerprint density at radius 1 is 1.33 bits per heavy atom. The van der Waals surface area contributed by atoms with Gasteiger partial charge in [-0.3, -0.25) is 18.8 Å². The van der Waals surface area contributed by atoms with Crippen molar-refractivity contribution in [3.63, 3.8) is 0 Å². The summed E-state index contributed by atoms with van der Waals surface area (Å²) in [6, 6.07) is 3.43. The van der Waals surface area contributed by atoms with Crippen molar-refractivity contribution in [2.24, 2.45) is 7.05 Å². The molecule has 3 heterocycles. The van der Waals surface area contributed by atoms with Crippen molar-refractivity contribution in [3.8, 4) is 0 Å². The third kappa shape index (κ3) is 3.69. The highest BCUT2D eigenvalue weighted by Gasteiger charge is 2.33. The van der Waals surface area contributed by atoms with E-state index in [4.69, 9.17) is 0 Å². The molecule has 0 spiro atoms. The first-order valence-electron chi connectivity index (χ1n) is 9.20. The van der Waals surface area contributed by atoms with Crippen LogP contribution in [-0.4, -0.2) is 37.0 Å². The van der Waals surface area contributed by atoms with Crippen molar-refractivity contribution in [1.82, 2.24) is 19.3 Å². The number of thioether (sulfide) groups is 1. The van der Waals surface area contributed by atoms with Crippen molar-refractivity contribution in [1.29, 1.82) is 0 Å². The number of fused-ring (bicyclic) bond motifs is 2. The Morgan fingerprint density at radius 2 is 2.10 bits per heavy atom. The highest BCUT2D eigenvalue weighted by Crippen LogP contribution is 2.41. The lowest BCUT2D eigenvalue weighted by Gasteiger charge is -2.24. The van der Waals surface area contributed by atoms with Gasteiger partial charge in [0.1, 0.15) is 18.3 Å². The van der Waals surface area contributed by atoms with Gasteiger partial charge in [0, 0.05) is 23.7 Å². The van der Waals surface area contributed by atoms with Gasteiger partial charge < -0.3 is 4.90 Å². The van der Waals surface area contributed by atoms with Crippen LogP contribution in [-0.2, 0) is 24.6 Å². The van der Waals surface area contributed by atoms with Crippen molar-refractivity contribution >= 4 is 34.4 Å². The van der Waals surface area contributed by atoms with Crippen LogP contribution in [0.3, 0.4) is 0 Å². The van der Waals surface area contributed by atoms with Gasteiger partial charge in [-0.15, -0.1) is 11.8 Å². The van der Waals surface area contributed by atoms with Crippen molar-refractivity contribution in [2.75, 3.05) is 11.4 Å². The van der Waals surface area contributed by atoms with Crippen LogP contribution in [0.25, 0.3) is 11.0 Å². The smallest absolute Gasteiger partial charge is 0.310 e. The van der Waals surface area contributed by atoms with Gasteiger partial charge in [0.2, 0.25) is 5.91 Å². The summed E-state index contributed by atoms with van der Waals surface area (Å²) in [7, 11) is 1.65. The fourth-order valence-corrected chi connectivity index (χ4v) is 4.47. The molecule has 0 aliphatic carbocycles. The van der Waals surface area contributed by atoms with Crippen LogP contribution in [0, 0.1) is 0 Å². The summed E-state index contributed by atoms with van der Waals surface area (Å²) < 4.78 is 42.3. The first kappa shape index (κ1) is 20.5. The molecule has 1 amide bonds. The summed E-state index contributed by atoms with van der Waals surface area (Å²) in [4.78, 5) is 31.8. The van der Waals surface area contributed by atoms with E-state index in [1.165, 1.54) is 39.9 Å². The molecule has 0 saturated carbocycles. The summed E-state index contributed by atoms with van der Waals surface area (Å²) in [5.74, 6) is -0.475. The SMILES string of the molecule is CC1CCN(C(=O)Cn2cnc3c(cnn3C)c2=O)c2cc(C(F)(F)F)ccc2S1. The Balaban J connectivity index is 1.71. The fourth-order valence-electron chi connectivity index (χ4n) is 3.38. The molecule has 0 fully saturated rings. The Bertz CT molecular complexity index is 1190. The van der Waals surface area contributed by atoms with Crippen LogP contribution in [0.4, 0.5) is 18.9 Å². The summed E-state index contributed by atoms with van der Waals surface area (Å²) >= 11 is 1.43. The van der Waals surface area contributed by atoms with Gasteiger partial charge in [0.05, 0.1) is 17.4 Å². The number of hydrogen-bond donors (Lipinski definition) is 0. The molecular formula is C19H18F3N5O2S. The number of aryl methyl sites for hydroxylation is 1. The van der Waals surface area contributed by atoms with Gasteiger partial charge in [-0.05, 0) is 24.6 Å². The van der Waals surface area contributed by atoms with Gasteiger partial charge >= 0.3 is 6.18 Å². The number of nitrogens with zero attached hydrogens (tertiary/aromatic N) is 5. The van der Waals surface area contributed by atoms with Crippen LogP contribution in [0.15, 0.2) is 40.4 Å². The number of carbonyl (C=O) groups is 1. The average Bonchev–Trinajstić information content (AvgIpc) is 2.96. The van der Waals surface area contributed by atoms with Gasteiger partial charge in [-0.1, -0.05) is 6.92 Å². The molecule has 11 heteroatoms. The Labute approximate surface area is 173 Å². The molecule has 2 aromatic heterocycles. The Hall–Kier alpha value is -2.82. The van der Waals surface area contributed by atoms with Gasteiger partial charge in [-0.2, -0.15) is 18.3 Å². The first-order valence-corrected chi connectivity index (χ1v) is 10.1. The molecule has 1 aromatic carbocycles. The molecule has 4 rings (SSSR count). The number of amides is 1. The second kappa shape index (κ2) is 7.46. The predicted octanol–water partition coefficient (Wildman–Crippen LogP) is 3.07. The van der Waals surface area contributed by atoms with E-state index in [1.807, 2.05) is 6.92 Å². The lowest BCUT2D eigenvalue weighted by Crippen LogP contribution is -2.37. The number of halogens is 3. The molecule has 0 N–H and O–H groups in total. The van der Waals surface area contributed by atoms with Crippen molar-refractivity contribution in [2.45, 2.75) is 36.2 Å². The van der Waals surface area contributed by atoms with E-state index in [0.717, 1.165) is 16.7 Å². The lowest BCUT2D eigenvalue weighted by atomic mass is 10.1. The van der Waals surface area contributed by atoms with E-state index in [2.05, 4.69) is 10.1 Å². The quantitative estimate of drug-likeness (QED) is 0.616. The fraction of sp³-hybridized carbons (Fsp3) is 0.368. The van der Waals surface area contributed by atoms with E-state index in [1.54, 1.807) is 7.05 Å². The molecule has 3 aromatic rings. The maximum atomic E-state index is 13.2. The Morgan fingerprint density at radius 3 is 2.83 bits per heavy atom.